The predicted molar refractivity (Wildman–Crippen MR) is 128 cm³/mol. The molecule has 0 saturated carbocycles. The first kappa shape index (κ1) is 23.5. The highest BCUT2D eigenvalue weighted by atomic mass is 16.5. The van der Waals surface area contributed by atoms with E-state index in [0.717, 1.165) is 16.9 Å². The maximum Gasteiger partial charge on any atom is 0.259 e. The van der Waals surface area contributed by atoms with Crippen molar-refractivity contribution in [2.45, 2.75) is 20.5 Å². The third-order valence-electron chi connectivity index (χ3n) is 4.65. The fourth-order valence-electron chi connectivity index (χ4n) is 2.85. The number of nitrogens with one attached hydrogen (secondary N) is 2. The number of hydrogen-bond acceptors (Lipinski definition) is 5. The van der Waals surface area contributed by atoms with Gasteiger partial charge in [-0.3, -0.25) is 9.59 Å². The lowest BCUT2D eigenvalue weighted by Gasteiger charge is -2.07. The first-order valence-electron chi connectivity index (χ1n) is 10.6. The van der Waals surface area contributed by atoms with Crippen molar-refractivity contribution >= 4 is 18.0 Å². The van der Waals surface area contributed by atoms with Gasteiger partial charge in [-0.25, -0.2) is 5.43 Å². The zero-order chi connectivity index (χ0) is 23.5. The molecule has 170 valence electrons. The molecular formula is C26H27N3O4. The van der Waals surface area contributed by atoms with E-state index in [1.54, 1.807) is 24.3 Å². The Morgan fingerprint density at radius 3 is 2.18 bits per heavy atom. The van der Waals surface area contributed by atoms with Crippen LogP contribution in [0.2, 0.25) is 0 Å². The molecule has 0 fully saturated rings. The molecule has 3 rings (SSSR count). The van der Waals surface area contributed by atoms with Crippen LogP contribution in [0.5, 0.6) is 11.5 Å². The van der Waals surface area contributed by atoms with Crippen LogP contribution in [0.4, 0.5) is 0 Å². The smallest absolute Gasteiger partial charge is 0.259 e. The van der Waals surface area contributed by atoms with Crippen LogP contribution < -0.4 is 20.2 Å². The van der Waals surface area contributed by atoms with Gasteiger partial charge in [-0.05, 0) is 73.5 Å². The fraction of sp³-hybridized carbons (Fsp3) is 0.192. The van der Waals surface area contributed by atoms with Gasteiger partial charge in [0.15, 0.2) is 0 Å². The Morgan fingerprint density at radius 1 is 0.879 bits per heavy atom. The second-order valence-corrected chi connectivity index (χ2v) is 7.28. The summed E-state index contributed by atoms with van der Waals surface area (Å²) in [6.07, 6.45) is 1.52. The minimum Gasteiger partial charge on any atom is -0.494 e. The molecule has 0 heterocycles. The van der Waals surface area contributed by atoms with Gasteiger partial charge in [-0.1, -0.05) is 29.8 Å². The summed E-state index contributed by atoms with van der Waals surface area (Å²) in [5.41, 5.74) is 5.95. The molecule has 0 unspecified atom stereocenters. The highest BCUT2D eigenvalue weighted by molar-refractivity contribution is 5.96. The van der Waals surface area contributed by atoms with E-state index in [9.17, 15) is 9.59 Å². The lowest BCUT2D eigenvalue weighted by atomic mass is 10.2. The van der Waals surface area contributed by atoms with Crippen molar-refractivity contribution in [3.63, 3.8) is 0 Å². The highest BCUT2D eigenvalue weighted by Gasteiger charge is 2.07. The topological polar surface area (TPSA) is 89.0 Å². The van der Waals surface area contributed by atoms with Crippen molar-refractivity contribution in [2.24, 2.45) is 5.10 Å². The van der Waals surface area contributed by atoms with Gasteiger partial charge in [0, 0.05) is 5.56 Å². The van der Waals surface area contributed by atoms with Crippen molar-refractivity contribution in [2.75, 3.05) is 13.2 Å². The zero-order valence-electron chi connectivity index (χ0n) is 18.7. The Bertz CT molecular complexity index is 1080. The normalized spacial score (nSPS) is 10.6. The van der Waals surface area contributed by atoms with Gasteiger partial charge in [-0.15, -0.1) is 0 Å². The number of hydrogen-bond donors (Lipinski definition) is 2. The number of carbonyl (C=O) groups is 2. The van der Waals surface area contributed by atoms with E-state index in [-0.39, 0.29) is 12.5 Å². The van der Waals surface area contributed by atoms with Gasteiger partial charge in [0.1, 0.15) is 18.1 Å². The number of aryl methyl sites for hydroxylation is 1. The molecule has 0 aliphatic rings. The average molecular weight is 446 g/mol. The number of carbonyl (C=O) groups excluding carboxylic acids is 2. The molecule has 3 aromatic rings. The van der Waals surface area contributed by atoms with Crippen molar-refractivity contribution in [3.05, 3.63) is 95.1 Å². The van der Waals surface area contributed by atoms with Crippen LogP contribution in [0.1, 0.15) is 34.0 Å². The average Bonchev–Trinajstić information content (AvgIpc) is 2.84. The lowest BCUT2D eigenvalue weighted by Crippen LogP contribution is -2.34. The van der Waals surface area contributed by atoms with Gasteiger partial charge in [0.25, 0.3) is 11.8 Å². The summed E-state index contributed by atoms with van der Waals surface area (Å²) in [5.74, 6) is 0.655. The molecule has 0 aliphatic heterocycles. The molecule has 2 N–H and O–H groups in total. The second kappa shape index (κ2) is 12.0. The molecule has 7 nitrogen and oxygen atoms in total. The highest BCUT2D eigenvalue weighted by Crippen LogP contribution is 2.14. The molecule has 0 bridgehead atoms. The Labute approximate surface area is 193 Å². The Hall–Kier alpha value is -4.13. The van der Waals surface area contributed by atoms with Crippen molar-refractivity contribution < 1.29 is 19.1 Å². The summed E-state index contributed by atoms with van der Waals surface area (Å²) in [6.45, 7) is 4.80. The van der Waals surface area contributed by atoms with Gasteiger partial charge in [0.2, 0.25) is 0 Å². The summed E-state index contributed by atoms with van der Waals surface area (Å²) in [6, 6.07) is 22.3. The molecule has 2 amide bonds. The first-order chi connectivity index (χ1) is 16.0. The number of nitrogens with zero attached hydrogens (tertiary/aromatic N) is 1. The van der Waals surface area contributed by atoms with Crippen LogP contribution in [0.25, 0.3) is 0 Å². The van der Waals surface area contributed by atoms with Gasteiger partial charge < -0.3 is 14.8 Å². The quantitative estimate of drug-likeness (QED) is 0.366. The molecule has 0 aromatic heterocycles. The standard InChI is InChI=1S/C26H27N3O4/c1-3-32-23-14-10-22(11-15-23)26(31)27-17-25(30)29-28-16-20-8-12-24(13-9-20)33-18-21-6-4-19(2)5-7-21/h4-16H,3,17-18H2,1-2H3,(H,27,31)(H,29,30)/b28-16+. The van der Waals surface area contributed by atoms with E-state index in [4.69, 9.17) is 9.47 Å². The Balaban J connectivity index is 1.39. The molecule has 0 atom stereocenters. The predicted octanol–water partition coefficient (Wildman–Crippen LogP) is 3.85. The van der Waals surface area contributed by atoms with Crippen LogP contribution in [-0.2, 0) is 11.4 Å². The minimum atomic E-state index is -0.427. The summed E-state index contributed by atoms with van der Waals surface area (Å²) in [4.78, 5) is 24.0. The third-order valence-corrected chi connectivity index (χ3v) is 4.65. The number of rotatable bonds is 10. The van der Waals surface area contributed by atoms with Crippen molar-refractivity contribution in [1.82, 2.24) is 10.7 Å². The number of amides is 2. The zero-order valence-corrected chi connectivity index (χ0v) is 18.7. The van der Waals surface area contributed by atoms with Crippen LogP contribution in [-0.4, -0.2) is 31.2 Å². The van der Waals surface area contributed by atoms with Crippen LogP contribution in [0.15, 0.2) is 77.9 Å². The molecule has 0 saturated heterocycles. The molecule has 0 aliphatic carbocycles. The largest absolute Gasteiger partial charge is 0.494 e. The van der Waals surface area contributed by atoms with E-state index in [0.29, 0.717) is 24.5 Å². The molecule has 7 heteroatoms. The first-order valence-corrected chi connectivity index (χ1v) is 10.6. The van der Waals surface area contributed by atoms with E-state index < -0.39 is 5.91 Å². The third kappa shape index (κ3) is 7.81. The summed E-state index contributed by atoms with van der Waals surface area (Å²) < 4.78 is 11.1. The van der Waals surface area contributed by atoms with Gasteiger partial charge in [0.05, 0.1) is 19.4 Å². The number of ether oxygens (including phenoxy) is 2. The summed E-state index contributed by atoms with van der Waals surface area (Å²) >= 11 is 0. The van der Waals surface area contributed by atoms with Crippen LogP contribution in [0.3, 0.4) is 0 Å². The van der Waals surface area contributed by atoms with Gasteiger partial charge in [-0.2, -0.15) is 5.10 Å². The fourth-order valence-corrected chi connectivity index (χ4v) is 2.85. The second-order valence-electron chi connectivity index (χ2n) is 7.28. The van der Waals surface area contributed by atoms with E-state index in [1.165, 1.54) is 11.8 Å². The lowest BCUT2D eigenvalue weighted by molar-refractivity contribution is -0.120. The van der Waals surface area contributed by atoms with Crippen LogP contribution >= 0.6 is 0 Å². The van der Waals surface area contributed by atoms with E-state index in [2.05, 4.69) is 28.0 Å². The van der Waals surface area contributed by atoms with Crippen molar-refractivity contribution in [1.29, 1.82) is 0 Å². The van der Waals surface area contributed by atoms with Crippen molar-refractivity contribution in [3.8, 4) is 11.5 Å². The molecular weight excluding hydrogens is 418 g/mol. The molecule has 0 radical (unpaired) electrons. The molecule has 0 spiro atoms. The molecule has 3 aromatic carbocycles. The maximum absolute atomic E-state index is 12.1. The van der Waals surface area contributed by atoms with E-state index in [1.807, 2.05) is 50.2 Å². The minimum absolute atomic E-state index is 0.185. The number of benzene rings is 3. The monoisotopic (exact) mass is 445 g/mol. The summed E-state index contributed by atoms with van der Waals surface area (Å²) in [5, 5.41) is 6.48. The molecule has 33 heavy (non-hydrogen) atoms. The SMILES string of the molecule is CCOc1ccc(C(=O)NCC(=O)N/N=C/c2ccc(OCc3ccc(C)cc3)cc2)cc1. The summed E-state index contributed by atoms with van der Waals surface area (Å²) in [7, 11) is 0. The Morgan fingerprint density at radius 2 is 1.52 bits per heavy atom. The van der Waals surface area contributed by atoms with E-state index >= 15 is 0 Å². The maximum atomic E-state index is 12.1. The van der Waals surface area contributed by atoms with Crippen LogP contribution in [0, 0.1) is 6.92 Å². The number of hydrazone groups is 1. The van der Waals surface area contributed by atoms with Gasteiger partial charge >= 0.3 is 0 Å². The Kier molecular flexibility index (Phi) is 8.59.